The van der Waals surface area contributed by atoms with E-state index in [1.165, 1.54) is 11.0 Å². The Morgan fingerprint density at radius 1 is 1.24 bits per heavy atom. The van der Waals surface area contributed by atoms with E-state index in [0.717, 1.165) is 5.56 Å². The van der Waals surface area contributed by atoms with E-state index < -0.39 is 0 Å². The summed E-state index contributed by atoms with van der Waals surface area (Å²) in [7, 11) is 0. The van der Waals surface area contributed by atoms with E-state index >= 15 is 0 Å². The first-order valence-corrected chi connectivity index (χ1v) is 7.23. The molecule has 2 rings (SSSR count). The standard InChI is InChI=1S/C15H15BrN2O3/c16-12-8-13(17-14(20)9-12)15(21)18(6-7-19)10-11-4-2-1-3-5-11/h1-5,8-9,19H,6-7,10H2,(H,17,20). The Kier molecular flexibility index (Phi) is 5.30. The molecule has 2 aromatic rings. The van der Waals surface area contributed by atoms with Crippen molar-refractivity contribution in [2.75, 3.05) is 13.2 Å². The topological polar surface area (TPSA) is 73.4 Å². The number of carbonyl (C=O) groups is 1. The summed E-state index contributed by atoms with van der Waals surface area (Å²) >= 11 is 3.20. The summed E-state index contributed by atoms with van der Waals surface area (Å²) in [6.07, 6.45) is 0. The first-order valence-electron chi connectivity index (χ1n) is 6.44. The van der Waals surface area contributed by atoms with Crippen LogP contribution in [0.3, 0.4) is 0 Å². The molecule has 0 atom stereocenters. The van der Waals surface area contributed by atoms with Gasteiger partial charge in [0.1, 0.15) is 5.69 Å². The smallest absolute Gasteiger partial charge is 0.270 e. The molecule has 0 aliphatic heterocycles. The van der Waals surface area contributed by atoms with Gasteiger partial charge in [-0.2, -0.15) is 0 Å². The highest BCUT2D eigenvalue weighted by Crippen LogP contribution is 2.11. The average Bonchev–Trinajstić information content (AvgIpc) is 2.46. The second-order valence-electron chi connectivity index (χ2n) is 4.51. The van der Waals surface area contributed by atoms with Crippen molar-refractivity contribution in [3.63, 3.8) is 0 Å². The molecule has 21 heavy (non-hydrogen) atoms. The molecular formula is C15H15BrN2O3. The fraction of sp³-hybridized carbons (Fsp3) is 0.200. The zero-order valence-corrected chi connectivity index (χ0v) is 12.8. The summed E-state index contributed by atoms with van der Waals surface area (Å²) < 4.78 is 0.540. The van der Waals surface area contributed by atoms with Crippen molar-refractivity contribution in [2.24, 2.45) is 0 Å². The summed E-state index contributed by atoms with van der Waals surface area (Å²) in [5.41, 5.74) is 0.798. The number of hydrogen-bond acceptors (Lipinski definition) is 3. The van der Waals surface area contributed by atoms with Crippen molar-refractivity contribution in [3.05, 3.63) is 68.5 Å². The Bertz CT molecular complexity index is 670. The van der Waals surface area contributed by atoms with E-state index in [1.54, 1.807) is 6.07 Å². The van der Waals surface area contributed by atoms with Crippen LogP contribution in [0.15, 0.2) is 51.7 Å². The van der Waals surface area contributed by atoms with Gasteiger partial charge in [0.2, 0.25) is 5.56 Å². The molecule has 0 unspecified atom stereocenters. The van der Waals surface area contributed by atoms with Crippen LogP contribution in [0.5, 0.6) is 0 Å². The van der Waals surface area contributed by atoms with Crippen LogP contribution >= 0.6 is 15.9 Å². The lowest BCUT2D eigenvalue weighted by Crippen LogP contribution is -2.34. The Morgan fingerprint density at radius 2 is 1.95 bits per heavy atom. The number of halogens is 1. The van der Waals surface area contributed by atoms with Crippen LogP contribution in [0.2, 0.25) is 0 Å². The van der Waals surface area contributed by atoms with Crippen LogP contribution in [0.4, 0.5) is 0 Å². The van der Waals surface area contributed by atoms with Crippen molar-refractivity contribution in [1.29, 1.82) is 0 Å². The van der Waals surface area contributed by atoms with Gasteiger partial charge < -0.3 is 15.0 Å². The normalized spacial score (nSPS) is 10.4. The number of H-pyrrole nitrogens is 1. The van der Waals surface area contributed by atoms with Crippen LogP contribution in [0, 0.1) is 0 Å². The average molecular weight is 351 g/mol. The molecule has 1 aromatic heterocycles. The third-order valence-corrected chi connectivity index (χ3v) is 3.37. The van der Waals surface area contributed by atoms with Crippen molar-refractivity contribution in [2.45, 2.75) is 6.54 Å². The molecule has 1 heterocycles. The number of rotatable bonds is 5. The first kappa shape index (κ1) is 15.5. The largest absolute Gasteiger partial charge is 0.395 e. The van der Waals surface area contributed by atoms with Gasteiger partial charge in [0.05, 0.1) is 6.61 Å². The van der Waals surface area contributed by atoms with Gasteiger partial charge >= 0.3 is 0 Å². The van der Waals surface area contributed by atoms with E-state index in [4.69, 9.17) is 5.11 Å². The van der Waals surface area contributed by atoms with Gasteiger partial charge in [0.15, 0.2) is 0 Å². The van der Waals surface area contributed by atoms with Gasteiger partial charge in [-0.1, -0.05) is 46.3 Å². The molecule has 2 N–H and O–H groups in total. The summed E-state index contributed by atoms with van der Waals surface area (Å²) in [4.78, 5) is 27.9. The van der Waals surface area contributed by atoms with E-state index in [1.807, 2.05) is 30.3 Å². The minimum absolute atomic E-state index is 0.142. The molecule has 110 valence electrons. The maximum absolute atomic E-state index is 12.5. The third-order valence-electron chi connectivity index (χ3n) is 2.91. The number of nitrogens with zero attached hydrogens (tertiary/aromatic N) is 1. The molecule has 6 heteroatoms. The molecule has 0 saturated heterocycles. The molecular weight excluding hydrogens is 336 g/mol. The number of aliphatic hydroxyl groups is 1. The summed E-state index contributed by atoms with van der Waals surface area (Å²) in [6.45, 7) is 0.424. The number of nitrogens with one attached hydrogen (secondary N) is 1. The highest BCUT2D eigenvalue weighted by molar-refractivity contribution is 9.10. The number of aliphatic hydroxyl groups excluding tert-OH is 1. The maximum Gasteiger partial charge on any atom is 0.270 e. The Morgan fingerprint density at radius 3 is 2.57 bits per heavy atom. The molecule has 1 amide bonds. The first-order chi connectivity index (χ1) is 10.1. The molecule has 0 bridgehead atoms. The van der Waals surface area contributed by atoms with Crippen LogP contribution in [-0.4, -0.2) is 34.0 Å². The zero-order valence-electron chi connectivity index (χ0n) is 11.3. The number of aromatic nitrogens is 1. The minimum Gasteiger partial charge on any atom is -0.395 e. The van der Waals surface area contributed by atoms with Gasteiger partial charge in [-0.25, -0.2) is 0 Å². The highest BCUT2D eigenvalue weighted by atomic mass is 79.9. The van der Waals surface area contributed by atoms with Crippen molar-refractivity contribution in [3.8, 4) is 0 Å². The molecule has 0 radical (unpaired) electrons. The van der Waals surface area contributed by atoms with Gasteiger partial charge in [0.25, 0.3) is 5.91 Å². The summed E-state index contributed by atoms with van der Waals surface area (Å²) in [6, 6.07) is 12.4. The van der Waals surface area contributed by atoms with E-state index in [9.17, 15) is 9.59 Å². The summed E-state index contributed by atoms with van der Waals surface area (Å²) in [5, 5.41) is 9.14. The number of carbonyl (C=O) groups excluding carboxylic acids is 1. The number of aromatic amines is 1. The zero-order chi connectivity index (χ0) is 15.2. The Hall–Kier alpha value is -1.92. The summed E-state index contributed by atoms with van der Waals surface area (Å²) in [5.74, 6) is -0.327. The van der Waals surface area contributed by atoms with Gasteiger partial charge in [-0.15, -0.1) is 0 Å². The molecule has 0 saturated carbocycles. The lowest BCUT2D eigenvalue weighted by molar-refractivity contribution is 0.0701. The van der Waals surface area contributed by atoms with Gasteiger partial charge in [-0.05, 0) is 11.6 Å². The molecule has 0 spiro atoms. The lowest BCUT2D eigenvalue weighted by Gasteiger charge is -2.21. The maximum atomic E-state index is 12.5. The number of hydrogen-bond donors (Lipinski definition) is 2. The minimum atomic E-state index is -0.351. The van der Waals surface area contributed by atoms with E-state index in [0.29, 0.717) is 11.0 Å². The number of benzene rings is 1. The van der Waals surface area contributed by atoms with Gasteiger partial charge in [0, 0.05) is 23.6 Å². The Labute approximate surface area is 130 Å². The van der Waals surface area contributed by atoms with Crippen molar-refractivity contribution < 1.29 is 9.90 Å². The van der Waals surface area contributed by atoms with E-state index in [2.05, 4.69) is 20.9 Å². The predicted molar refractivity (Wildman–Crippen MR) is 83.0 cm³/mol. The quantitative estimate of drug-likeness (QED) is 0.862. The fourth-order valence-corrected chi connectivity index (χ4v) is 2.41. The third kappa shape index (κ3) is 4.27. The van der Waals surface area contributed by atoms with Crippen LogP contribution < -0.4 is 5.56 Å². The van der Waals surface area contributed by atoms with Crippen LogP contribution in [-0.2, 0) is 6.54 Å². The Balaban J connectivity index is 2.24. The highest BCUT2D eigenvalue weighted by Gasteiger charge is 2.17. The molecule has 0 aliphatic rings. The number of pyridine rings is 1. The predicted octanol–water partition coefficient (Wildman–Crippen LogP) is 1.77. The van der Waals surface area contributed by atoms with Crippen molar-refractivity contribution in [1.82, 2.24) is 9.88 Å². The second-order valence-corrected chi connectivity index (χ2v) is 5.43. The molecule has 1 aromatic carbocycles. The van der Waals surface area contributed by atoms with Crippen LogP contribution in [0.1, 0.15) is 16.1 Å². The molecule has 0 aliphatic carbocycles. The van der Waals surface area contributed by atoms with Crippen LogP contribution in [0.25, 0.3) is 0 Å². The molecule has 5 nitrogen and oxygen atoms in total. The van der Waals surface area contributed by atoms with Gasteiger partial charge in [-0.3, -0.25) is 9.59 Å². The number of amides is 1. The SMILES string of the molecule is O=C(c1cc(Br)cc(=O)[nH]1)N(CCO)Cc1ccccc1. The second kappa shape index (κ2) is 7.19. The monoisotopic (exact) mass is 350 g/mol. The lowest BCUT2D eigenvalue weighted by atomic mass is 10.2. The fourth-order valence-electron chi connectivity index (χ4n) is 1.97. The molecule has 0 fully saturated rings. The van der Waals surface area contributed by atoms with E-state index in [-0.39, 0.29) is 30.3 Å². The van der Waals surface area contributed by atoms with Crippen molar-refractivity contribution >= 4 is 21.8 Å².